The zero-order valence-electron chi connectivity index (χ0n) is 3.85. The van der Waals surface area contributed by atoms with Crippen molar-refractivity contribution in [2.45, 2.75) is 19.3 Å². The second kappa shape index (κ2) is 5.00. The maximum absolute atomic E-state index is 5.14. The molecule has 0 fully saturated rings. The summed E-state index contributed by atoms with van der Waals surface area (Å²) in [6.45, 7) is 10.2. The SMILES string of the molecule is [CH][CH]CCC[CH]. The summed E-state index contributed by atoms with van der Waals surface area (Å²) in [7, 11) is 0. The molecule has 0 heteroatoms. The molecule has 0 N–H and O–H groups in total. The first-order chi connectivity index (χ1) is 2.91. The number of hydrogen-bond donors (Lipinski definition) is 0. The highest BCUT2D eigenvalue weighted by atomic mass is 13.8. The van der Waals surface area contributed by atoms with Gasteiger partial charge in [0, 0.05) is 0 Å². The zero-order chi connectivity index (χ0) is 4.83. The van der Waals surface area contributed by atoms with Gasteiger partial charge in [-0.3, -0.25) is 0 Å². The summed E-state index contributed by atoms with van der Waals surface area (Å²) in [5, 5.41) is 0. The van der Waals surface area contributed by atoms with E-state index in [1.807, 2.05) is 0 Å². The second-order valence-corrected chi connectivity index (χ2v) is 1.17. The van der Waals surface area contributed by atoms with Crippen LogP contribution in [0.25, 0.3) is 0 Å². The highest BCUT2D eigenvalue weighted by Gasteiger charge is 1.76. The molecule has 0 aromatic carbocycles. The Morgan fingerprint density at radius 2 is 2.17 bits per heavy atom. The fraction of sp³-hybridized carbons (Fsp3) is 0.500. The van der Waals surface area contributed by atoms with E-state index in [2.05, 4.69) is 0 Å². The van der Waals surface area contributed by atoms with E-state index in [9.17, 15) is 0 Å². The van der Waals surface area contributed by atoms with Crippen molar-refractivity contribution in [2.75, 3.05) is 0 Å². The van der Waals surface area contributed by atoms with Crippen LogP contribution in [0, 0.1) is 20.3 Å². The molecule has 0 atom stereocenters. The molecule has 0 aliphatic carbocycles. The van der Waals surface area contributed by atoms with E-state index >= 15 is 0 Å². The van der Waals surface area contributed by atoms with Crippen molar-refractivity contribution in [3.8, 4) is 0 Å². The Labute approximate surface area is 40.6 Å². The van der Waals surface area contributed by atoms with E-state index in [-0.39, 0.29) is 0 Å². The van der Waals surface area contributed by atoms with Gasteiger partial charge in [0.15, 0.2) is 0 Å². The summed E-state index contributed by atoms with van der Waals surface area (Å²) in [4.78, 5) is 0. The standard InChI is InChI=1S/C6H9/c1-3-5-6-4-2/h1-3H,4-6H2. The molecule has 0 unspecified atom stereocenters. The molecule has 0 aliphatic rings. The van der Waals surface area contributed by atoms with Crippen LogP contribution in [0.4, 0.5) is 0 Å². The van der Waals surface area contributed by atoms with Crippen molar-refractivity contribution in [3.05, 3.63) is 20.3 Å². The van der Waals surface area contributed by atoms with E-state index < -0.39 is 0 Å². The van der Waals surface area contributed by atoms with Crippen LogP contribution in [-0.4, -0.2) is 0 Å². The fourth-order valence-electron chi connectivity index (χ4n) is 0.236. The van der Waals surface area contributed by atoms with Crippen molar-refractivity contribution in [1.29, 1.82) is 0 Å². The molecule has 0 saturated heterocycles. The van der Waals surface area contributed by atoms with E-state index in [1.54, 1.807) is 6.42 Å². The monoisotopic (exact) mass is 81.1 g/mol. The van der Waals surface area contributed by atoms with Crippen molar-refractivity contribution in [2.24, 2.45) is 0 Å². The molecule has 0 aliphatic heterocycles. The van der Waals surface area contributed by atoms with Gasteiger partial charge < -0.3 is 0 Å². The quantitative estimate of drug-likeness (QED) is 0.454. The Morgan fingerprint density at radius 1 is 1.50 bits per heavy atom. The second-order valence-electron chi connectivity index (χ2n) is 1.17. The molecule has 5 radical (unpaired) electrons. The van der Waals surface area contributed by atoms with Gasteiger partial charge in [-0.05, 0) is 33.1 Å². The summed E-state index contributed by atoms with van der Waals surface area (Å²) < 4.78 is 0. The molecule has 0 amide bonds. The van der Waals surface area contributed by atoms with Crippen LogP contribution >= 0.6 is 0 Å². The summed E-state index contributed by atoms with van der Waals surface area (Å²) >= 11 is 0. The summed E-state index contributed by atoms with van der Waals surface area (Å²) in [5.41, 5.74) is 0. The molecule has 6 heavy (non-hydrogen) atoms. The first-order valence-corrected chi connectivity index (χ1v) is 2.15. The third-order valence-corrected chi connectivity index (χ3v) is 0.575. The Hall–Kier alpha value is 0. The van der Waals surface area contributed by atoms with Crippen molar-refractivity contribution in [3.63, 3.8) is 0 Å². The van der Waals surface area contributed by atoms with Crippen LogP contribution < -0.4 is 0 Å². The maximum Gasteiger partial charge on any atom is -0.0315 e. The molecule has 0 saturated carbocycles. The van der Waals surface area contributed by atoms with Crippen LogP contribution in [0.5, 0.6) is 0 Å². The van der Waals surface area contributed by atoms with Gasteiger partial charge in [-0.2, -0.15) is 0 Å². The minimum Gasteiger partial charge on any atom is -0.0527 e. The van der Waals surface area contributed by atoms with Gasteiger partial charge in [-0.15, -0.1) is 0 Å². The van der Waals surface area contributed by atoms with Gasteiger partial charge in [0.25, 0.3) is 0 Å². The van der Waals surface area contributed by atoms with Gasteiger partial charge in [0.1, 0.15) is 0 Å². The van der Waals surface area contributed by atoms with Crippen molar-refractivity contribution < 1.29 is 0 Å². The van der Waals surface area contributed by atoms with E-state index in [1.165, 1.54) is 0 Å². The van der Waals surface area contributed by atoms with Gasteiger partial charge in [0.2, 0.25) is 0 Å². The highest BCUT2D eigenvalue weighted by molar-refractivity contribution is 4.65. The molecule has 33 valence electrons. The third-order valence-electron chi connectivity index (χ3n) is 0.575. The normalized spacial score (nSPS) is 9.00. The summed E-state index contributed by atoms with van der Waals surface area (Å²) in [6.07, 6.45) is 4.33. The lowest BCUT2D eigenvalue weighted by Gasteiger charge is -1.85. The first-order valence-electron chi connectivity index (χ1n) is 2.15. The minimum atomic E-state index is 0.744. The highest BCUT2D eigenvalue weighted by Crippen LogP contribution is 1.93. The number of hydrogen-bond acceptors (Lipinski definition) is 0. The lowest BCUT2D eigenvalue weighted by atomic mass is 10.2. The van der Waals surface area contributed by atoms with Gasteiger partial charge in [-0.25, -0.2) is 0 Å². The molecule has 0 nitrogen and oxygen atoms in total. The maximum atomic E-state index is 5.14. The fourth-order valence-corrected chi connectivity index (χ4v) is 0.236. The lowest BCUT2D eigenvalue weighted by molar-refractivity contribution is 0.840. The molecule has 0 spiro atoms. The number of unbranched alkanes of at least 4 members (excludes halogenated alkanes) is 3. The van der Waals surface area contributed by atoms with Crippen LogP contribution in [0.1, 0.15) is 19.3 Å². The van der Waals surface area contributed by atoms with E-state index in [0.29, 0.717) is 0 Å². The first kappa shape index (κ1) is 6.00. The largest absolute Gasteiger partial charge is 0.0527 e. The summed E-state index contributed by atoms with van der Waals surface area (Å²) in [5.74, 6) is 0. The van der Waals surface area contributed by atoms with Crippen LogP contribution in [0.15, 0.2) is 0 Å². The molecule has 0 aromatic heterocycles. The molecular weight excluding hydrogens is 72.1 g/mol. The van der Waals surface area contributed by atoms with Crippen molar-refractivity contribution in [1.82, 2.24) is 0 Å². The molecule has 0 bridgehead atoms. The Balaban J connectivity index is 2.34. The van der Waals surface area contributed by atoms with E-state index in [4.69, 9.17) is 13.8 Å². The number of rotatable bonds is 3. The lowest BCUT2D eigenvalue weighted by Crippen LogP contribution is -1.68. The molecule has 0 rings (SSSR count). The average Bonchev–Trinajstić information content (AvgIpc) is 1.61. The van der Waals surface area contributed by atoms with Crippen molar-refractivity contribution >= 4 is 0 Å². The van der Waals surface area contributed by atoms with Crippen LogP contribution in [-0.2, 0) is 0 Å². The van der Waals surface area contributed by atoms with Gasteiger partial charge in [-0.1, -0.05) is 6.42 Å². The van der Waals surface area contributed by atoms with Gasteiger partial charge >= 0.3 is 0 Å². The Bertz CT molecular complexity index is 12.0. The van der Waals surface area contributed by atoms with Gasteiger partial charge in [0.05, 0.1) is 0 Å². The topological polar surface area (TPSA) is 0 Å². The molecular formula is C6H9. The Kier molecular flexibility index (Phi) is 5.00. The van der Waals surface area contributed by atoms with Crippen LogP contribution in [0.2, 0.25) is 0 Å². The zero-order valence-corrected chi connectivity index (χ0v) is 3.85. The predicted octanol–water partition coefficient (Wildman–Crippen LogP) is 1.78. The minimum absolute atomic E-state index is 0.744. The van der Waals surface area contributed by atoms with Crippen LogP contribution in [0.3, 0.4) is 0 Å². The molecule has 0 aromatic rings. The third kappa shape index (κ3) is 4.00. The smallest absolute Gasteiger partial charge is 0.0315 e. The molecule has 0 heterocycles. The predicted molar refractivity (Wildman–Crippen MR) is 26.8 cm³/mol. The Morgan fingerprint density at radius 3 is 2.33 bits per heavy atom. The van der Waals surface area contributed by atoms with E-state index in [0.717, 1.165) is 19.3 Å². The summed E-state index contributed by atoms with van der Waals surface area (Å²) in [6, 6.07) is 0. The average molecular weight is 81.1 g/mol.